The van der Waals surface area contributed by atoms with Gasteiger partial charge in [-0.2, -0.15) is 0 Å². The number of rotatable bonds is 6. The molecule has 0 saturated heterocycles. The molecule has 0 bridgehead atoms. The van der Waals surface area contributed by atoms with Crippen molar-refractivity contribution in [1.29, 1.82) is 0 Å². The normalized spacial score (nSPS) is 13.0. The van der Waals surface area contributed by atoms with E-state index in [1.807, 2.05) is 86.9 Å². The van der Waals surface area contributed by atoms with Crippen LogP contribution in [0.2, 0.25) is 26.2 Å². The predicted molar refractivity (Wildman–Crippen MR) is 90.7 cm³/mol. The van der Waals surface area contributed by atoms with Gasteiger partial charge in [0.2, 0.25) is 0 Å². The molecule has 0 aromatic heterocycles. The second-order valence-corrected chi connectivity index (χ2v) is 16.7. The Kier molecular flexibility index (Phi) is 5.41. The van der Waals surface area contributed by atoms with Crippen LogP contribution in [-0.4, -0.2) is 16.6 Å². The molecule has 0 atom stereocenters. The van der Waals surface area contributed by atoms with Gasteiger partial charge in [0.1, 0.15) is 0 Å². The van der Waals surface area contributed by atoms with E-state index in [2.05, 4.69) is 0 Å². The molecule has 2 rings (SSSR count). The molecule has 0 N–H and O–H groups in total. The van der Waals surface area contributed by atoms with Crippen LogP contribution in [0.5, 0.6) is 0 Å². The SMILES string of the molecule is C[Si](C)([O][Cr](=[O])(=[O])[O][Si](C)(C)c1ccccc1)c1ccccc1. The van der Waals surface area contributed by atoms with Gasteiger partial charge in [-0.15, -0.1) is 0 Å². The van der Waals surface area contributed by atoms with Gasteiger partial charge in [0, 0.05) is 0 Å². The van der Waals surface area contributed by atoms with Crippen molar-refractivity contribution >= 4 is 27.0 Å². The quantitative estimate of drug-likeness (QED) is 0.717. The minimum absolute atomic E-state index is 0.927. The molecular weight excluding hydrogens is 364 g/mol. The van der Waals surface area contributed by atoms with Crippen LogP contribution in [0.25, 0.3) is 0 Å². The van der Waals surface area contributed by atoms with Crippen molar-refractivity contribution in [3.63, 3.8) is 0 Å². The average Bonchev–Trinajstić information content (AvgIpc) is 2.47. The van der Waals surface area contributed by atoms with Crippen LogP contribution in [0.4, 0.5) is 0 Å². The Morgan fingerprint density at radius 1 is 0.652 bits per heavy atom. The van der Waals surface area contributed by atoms with Crippen molar-refractivity contribution < 1.29 is 28.2 Å². The van der Waals surface area contributed by atoms with Gasteiger partial charge in [-0.25, -0.2) is 0 Å². The Balaban J connectivity index is 2.19. The molecule has 0 radical (unpaired) electrons. The third-order valence-corrected chi connectivity index (χ3v) is 14.1. The first-order valence-electron chi connectivity index (χ1n) is 7.40. The van der Waals surface area contributed by atoms with E-state index in [0.29, 0.717) is 0 Å². The minimum atomic E-state index is -4.92. The standard InChI is InChI=1S/2C8H11OSi.Cr.2O/c2*1-10(2,9)8-6-4-3-5-7-8;;;/h2*3-7H,1-2H3;;;/q2*-1;+2;;. The molecule has 0 spiro atoms. The summed E-state index contributed by atoms with van der Waals surface area (Å²) in [6, 6.07) is 19.0. The molecule has 7 heteroatoms. The summed E-state index contributed by atoms with van der Waals surface area (Å²) in [5.74, 6) is 0. The van der Waals surface area contributed by atoms with Crippen molar-refractivity contribution in [1.82, 2.24) is 0 Å². The zero-order valence-electron chi connectivity index (χ0n) is 13.8. The molecule has 0 amide bonds. The number of benzene rings is 2. The van der Waals surface area contributed by atoms with Crippen LogP contribution in [0.1, 0.15) is 0 Å². The molecule has 2 aromatic rings. The van der Waals surface area contributed by atoms with E-state index in [-0.39, 0.29) is 0 Å². The van der Waals surface area contributed by atoms with Crippen molar-refractivity contribution in [3.8, 4) is 0 Å². The molecule has 0 aliphatic rings. The predicted octanol–water partition coefficient (Wildman–Crippen LogP) is 2.92. The first-order valence-corrected chi connectivity index (χ1v) is 15.3. The first-order chi connectivity index (χ1) is 10.6. The Hall–Kier alpha value is -1.07. The van der Waals surface area contributed by atoms with Crippen LogP contribution in [0.3, 0.4) is 0 Å². The van der Waals surface area contributed by atoms with Gasteiger partial charge in [0.15, 0.2) is 0 Å². The molecule has 23 heavy (non-hydrogen) atoms. The molecule has 0 aliphatic carbocycles. The molecule has 4 nitrogen and oxygen atoms in total. The summed E-state index contributed by atoms with van der Waals surface area (Å²) in [5, 5.41) is 1.85. The van der Waals surface area contributed by atoms with E-state index in [1.165, 1.54) is 0 Å². The van der Waals surface area contributed by atoms with Crippen molar-refractivity contribution in [2.75, 3.05) is 0 Å². The Morgan fingerprint density at radius 3 is 1.26 bits per heavy atom. The number of hydrogen-bond donors (Lipinski definition) is 0. The maximum atomic E-state index is 12.5. The van der Waals surface area contributed by atoms with Gasteiger partial charge < -0.3 is 0 Å². The third-order valence-electron chi connectivity index (χ3n) is 3.56. The van der Waals surface area contributed by atoms with E-state index in [1.54, 1.807) is 0 Å². The molecule has 2 aromatic carbocycles. The topological polar surface area (TPSA) is 52.6 Å². The summed E-state index contributed by atoms with van der Waals surface area (Å²) in [6.07, 6.45) is 0. The fourth-order valence-corrected chi connectivity index (χ4v) is 11.8. The van der Waals surface area contributed by atoms with Gasteiger partial charge in [0.05, 0.1) is 0 Å². The summed E-state index contributed by atoms with van der Waals surface area (Å²) in [5.41, 5.74) is 0. The van der Waals surface area contributed by atoms with Crippen molar-refractivity contribution in [3.05, 3.63) is 60.7 Å². The Morgan fingerprint density at radius 2 is 0.957 bits per heavy atom. The molecule has 0 heterocycles. The van der Waals surface area contributed by atoms with E-state index < -0.39 is 30.2 Å². The molecular formula is C16H22CrO4Si2. The zero-order chi connectivity index (χ0) is 17.1. The van der Waals surface area contributed by atoms with Crippen molar-refractivity contribution in [2.45, 2.75) is 26.2 Å². The molecule has 124 valence electrons. The molecule has 0 aliphatic heterocycles. The second-order valence-electron chi connectivity index (χ2n) is 6.33. The zero-order valence-corrected chi connectivity index (χ0v) is 17.1. The number of hydrogen-bond acceptors (Lipinski definition) is 4. The monoisotopic (exact) mass is 386 g/mol. The van der Waals surface area contributed by atoms with E-state index >= 15 is 0 Å². The van der Waals surface area contributed by atoms with Gasteiger partial charge in [-0.05, 0) is 0 Å². The summed E-state index contributed by atoms with van der Waals surface area (Å²) in [7, 11) is -5.15. The second kappa shape index (κ2) is 6.81. The van der Waals surface area contributed by atoms with Crippen LogP contribution >= 0.6 is 0 Å². The Labute approximate surface area is 142 Å². The van der Waals surface area contributed by atoms with Gasteiger partial charge in [0.25, 0.3) is 0 Å². The summed E-state index contributed by atoms with van der Waals surface area (Å²) < 4.78 is 36.1. The Bertz CT molecular complexity index is 685. The van der Waals surface area contributed by atoms with Gasteiger partial charge in [-0.1, -0.05) is 0 Å². The van der Waals surface area contributed by atoms with E-state index in [9.17, 15) is 7.61 Å². The third kappa shape index (κ3) is 4.95. The van der Waals surface area contributed by atoms with Crippen LogP contribution in [-0.2, 0) is 28.2 Å². The molecule has 0 saturated carbocycles. The van der Waals surface area contributed by atoms with Crippen molar-refractivity contribution in [2.24, 2.45) is 0 Å². The molecule has 0 fully saturated rings. The summed E-state index contributed by atoms with van der Waals surface area (Å²) in [4.78, 5) is 0. The van der Waals surface area contributed by atoms with Crippen LogP contribution < -0.4 is 10.4 Å². The van der Waals surface area contributed by atoms with Crippen LogP contribution in [0.15, 0.2) is 60.7 Å². The van der Waals surface area contributed by atoms with E-state index in [0.717, 1.165) is 10.4 Å². The van der Waals surface area contributed by atoms with E-state index in [4.69, 9.17) is 6.96 Å². The summed E-state index contributed by atoms with van der Waals surface area (Å²) >= 11 is -4.92. The maximum absolute atomic E-state index is 12.5. The van der Waals surface area contributed by atoms with Crippen LogP contribution in [0, 0.1) is 0 Å². The molecule has 0 unspecified atom stereocenters. The first kappa shape index (κ1) is 18.3. The van der Waals surface area contributed by atoms with Gasteiger partial charge in [-0.3, -0.25) is 0 Å². The van der Waals surface area contributed by atoms with Gasteiger partial charge >= 0.3 is 142 Å². The average molecular weight is 387 g/mol. The summed E-state index contributed by atoms with van der Waals surface area (Å²) in [6.45, 7) is 7.46. The fraction of sp³-hybridized carbons (Fsp3) is 0.250. The fourth-order valence-electron chi connectivity index (χ4n) is 2.30.